The summed E-state index contributed by atoms with van der Waals surface area (Å²) in [6.45, 7) is 6.17. The van der Waals surface area contributed by atoms with Gasteiger partial charge in [-0.15, -0.1) is 0 Å². The third kappa shape index (κ3) is 5.56. The van der Waals surface area contributed by atoms with Crippen molar-refractivity contribution >= 4 is 34.5 Å². The Balaban J connectivity index is 2.26. The average Bonchev–Trinajstić information content (AvgIpc) is 2.65. The molecule has 1 aromatic carbocycles. The fourth-order valence-electron chi connectivity index (χ4n) is 2.35. The van der Waals surface area contributed by atoms with Gasteiger partial charge in [0.15, 0.2) is 5.16 Å². The van der Waals surface area contributed by atoms with Gasteiger partial charge >= 0.3 is 5.97 Å². The number of rotatable bonds is 8. The smallest absolute Gasteiger partial charge is 0.307 e. The highest BCUT2D eigenvalue weighted by atomic mass is 32.2. The Hall–Kier alpha value is -2.35. The SMILES string of the molecule is COC(=O)CCn1c(SCC(=O)N[C@H](C)C(C)C)nc2ccccc2c1=O. The third-order valence-electron chi connectivity index (χ3n) is 4.31. The van der Waals surface area contributed by atoms with E-state index in [2.05, 4.69) is 15.0 Å². The lowest BCUT2D eigenvalue weighted by molar-refractivity contribution is -0.140. The molecule has 2 aromatic rings. The minimum Gasteiger partial charge on any atom is -0.469 e. The summed E-state index contributed by atoms with van der Waals surface area (Å²) < 4.78 is 6.09. The van der Waals surface area contributed by atoms with E-state index < -0.39 is 5.97 Å². The van der Waals surface area contributed by atoms with Crippen molar-refractivity contribution in [3.63, 3.8) is 0 Å². The van der Waals surface area contributed by atoms with Crippen molar-refractivity contribution in [2.75, 3.05) is 12.9 Å². The number of carbonyl (C=O) groups is 2. The molecule has 1 amide bonds. The van der Waals surface area contributed by atoms with Gasteiger partial charge in [-0.1, -0.05) is 37.7 Å². The minimum absolute atomic E-state index is 0.0561. The topological polar surface area (TPSA) is 90.3 Å². The van der Waals surface area contributed by atoms with Gasteiger partial charge in [0, 0.05) is 12.6 Å². The molecule has 1 atom stereocenters. The van der Waals surface area contributed by atoms with E-state index in [0.29, 0.717) is 22.0 Å². The van der Waals surface area contributed by atoms with E-state index in [0.717, 1.165) is 0 Å². The fraction of sp³-hybridized carbons (Fsp3) is 0.474. The lowest BCUT2D eigenvalue weighted by Gasteiger charge is -2.17. The fourth-order valence-corrected chi connectivity index (χ4v) is 3.19. The molecule has 0 spiro atoms. The van der Waals surface area contributed by atoms with Crippen molar-refractivity contribution in [3.8, 4) is 0 Å². The number of nitrogens with zero attached hydrogens (tertiary/aromatic N) is 2. The van der Waals surface area contributed by atoms with Crippen LogP contribution in [0.1, 0.15) is 27.2 Å². The lowest BCUT2D eigenvalue weighted by atomic mass is 10.1. The number of para-hydroxylation sites is 1. The van der Waals surface area contributed by atoms with Gasteiger partial charge in [0.2, 0.25) is 5.91 Å². The van der Waals surface area contributed by atoms with Crippen LogP contribution >= 0.6 is 11.8 Å². The van der Waals surface area contributed by atoms with Gasteiger partial charge in [0.05, 0.1) is 30.2 Å². The first-order chi connectivity index (χ1) is 12.8. The van der Waals surface area contributed by atoms with Gasteiger partial charge in [0.25, 0.3) is 5.56 Å². The first kappa shape index (κ1) is 21.0. The highest BCUT2D eigenvalue weighted by Crippen LogP contribution is 2.18. The number of benzene rings is 1. The van der Waals surface area contributed by atoms with Gasteiger partial charge in [0.1, 0.15) is 0 Å². The number of ether oxygens (including phenoxy) is 1. The molecule has 7 nitrogen and oxygen atoms in total. The third-order valence-corrected chi connectivity index (χ3v) is 5.29. The van der Waals surface area contributed by atoms with E-state index in [1.165, 1.54) is 23.4 Å². The predicted octanol–water partition coefficient (Wildman–Crippen LogP) is 2.21. The van der Waals surface area contributed by atoms with E-state index in [4.69, 9.17) is 0 Å². The number of nitrogens with one attached hydrogen (secondary N) is 1. The Kier molecular flexibility index (Phi) is 7.41. The van der Waals surface area contributed by atoms with Crippen LogP contribution in [-0.2, 0) is 20.9 Å². The van der Waals surface area contributed by atoms with Crippen LogP contribution < -0.4 is 10.9 Å². The maximum atomic E-state index is 12.8. The molecule has 8 heteroatoms. The van der Waals surface area contributed by atoms with E-state index in [-0.39, 0.29) is 36.2 Å². The molecule has 0 radical (unpaired) electrons. The molecule has 0 saturated heterocycles. The zero-order valence-electron chi connectivity index (χ0n) is 16.0. The van der Waals surface area contributed by atoms with Crippen molar-refractivity contribution in [2.24, 2.45) is 5.92 Å². The maximum Gasteiger partial charge on any atom is 0.307 e. The number of amides is 1. The normalized spacial score (nSPS) is 12.2. The zero-order valence-corrected chi connectivity index (χ0v) is 16.8. The molecule has 0 bridgehead atoms. The summed E-state index contributed by atoms with van der Waals surface area (Å²) in [5.74, 6) is -0.0614. The highest BCUT2D eigenvalue weighted by Gasteiger charge is 2.16. The quantitative estimate of drug-likeness (QED) is 0.422. The summed E-state index contributed by atoms with van der Waals surface area (Å²) in [4.78, 5) is 41.0. The maximum absolute atomic E-state index is 12.8. The molecule has 0 aliphatic heterocycles. The van der Waals surface area contributed by atoms with E-state index in [1.54, 1.807) is 24.3 Å². The van der Waals surface area contributed by atoms with Crippen LogP contribution in [-0.4, -0.2) is 40.3 Å². The Morgan fingerprint density at radius 2 is 1.96 bits per heavy atom. The molecule has 0 saturated carbocycles. The largest absolute Gasteiger partial charge is 0.469 e. The van der Waals surface area contributed by atoms with Crippen molar-refractivity contribution in [2.45, 2.75) is 44.9 Å². The van der Waals surface area contributed by atoms with Gasteiger partial charge in [-0.25, -0.2) is 4.98 Å². The summed E-state index contributed by atoms with van der Waals surface area (Å²) in [6, 6.07) is 7.09. The van der Waals surface area contributed by atoms with Crippen LogP contribution in [0, 0.1) is 5.92 Å². The number of methoxy groups -OCH3 is 1. The number of esters is 1. The second-order valence-electron chi connectivity index (χ2n) is 6.58. The molecule has 27 heavy (non-hydrogen) atoms. The van der Waals surface area contributed by atoms with E-state index in [1.807, 2.05) is 20.8 Å². The summed E-state index contributed by atoms with van der Waals surface area (Å²) in [5.41, 5.74) is 0.332. The highest BCUT2D eigenvalue weighted by molar-refractivity contribution is 7.99. The molecule has 1 N–H and O–H groups in total. The number of hydrogen-bond acceptors (Lipinski definition) is 6. The van der Waals surface area contributed by atoms with Gasteiger partial charge < -0.3 is 10.1 Å². The molecule has 1 heterocycles. The number of carbonyl (C=O) groups excluding carboxylic acids is 2. The lowest BCUT2D eigenvalue weighted by Crippen LogP contribution is -2.37. The molecule has 0 aliphatic rings. The first-order valence-corrected chi connectivity index (χ1v) is 9.80. The molecule has 0 unspecified atom stereocenters. The van der Waals surface area contributed by atoms with Crippen molar-refractivity contribution in [3.05, 3.63) is 34.6 Å². The summed E-state index contributed by atoms with van der Waals surface area (Å²) in [6.07, 6.45) is 0.0561. The number of thioether (sulfide) groups is 1. The van der Waals surface area contributed by atoms with Crippen LogP contribution in [0.15, 0.2) is 34.2 Å². The zero-order chi connectivity index (χ0) is 20.0. The minimum atomic E-state index is -0.408. The van der Waals surface area contributed by atoms with Gasteiger partial charge in [-0.05, 0) is 25.0 Å². The first-order valence-electron chi connectivity index (χ1n) is 8.82. The average molecular weight is 391 g/mol. The number of hydrogen-bond donors (Lipinski definition) is 1. The van der Waals surface area contributed by atoms with Crippen molar-refractivity contribution < 1.29 is 14.3 Å². The summed E-state index contributed by atoms with van der Waals surface area (Å²) in [5, 5.41) is 3.82. The Labute approximate surface area is 162 Å². The van der Waals surface area contributed by atoms with Crippen LogP contribution in [0.4, 0.5) is 0 Å². The molecular formula is C19H25N3O4S. The van der Waals surface area contributed by atoms with Crippen molar-refractivity contribution in [1.29, 1.82) is 0 Å². The second kappa shape index (κ2) is 9.55. The predicted molar refractivity (Wildman–Crippen MR) is 106 cm³/mol. The molecule has 146 valence electrons. The molecular weight excluding hydrogens is 366 g/mol. The van der Waals surface area contributed by atoms with Gasteiger partial charge in [-0.3, -0.25) is 19.0 Å². The van der Waals surface area contributed by atoms with Crippen LogP contribution in [0.25, 0.3) is 10.9 Å². The molecule has 2 rings (SSSR count). The monoisotopic (exact) mass is 391 g/mol. The van der Waals surface area contributed by atoms with Crippen LogP contribution in [0.3, 0.4) is 0 Å². The van der Waals surface area contributed by atoms with Crippen LogP contribution in [0.5, 0.6) is 0 Å². The van der Waals surface area contributed by atoms with E-state index >= 15 is 0 Å². The number of aromatic nitrogens is 2. The standard InChI is InChI=1S/C19H25N3O4S/c1-12(2)13(3)20-16(23)11-27-19-21-15-8-6-5-7-14(15)18(25)22(19)10-9-17(24)26-4/h5-8,12-13H,9-11H2,1-4H3,(H,20,23)/t13-/m1/s1. The Morgan fingerprint density at radius 3 is 2.63 bits per heavy atom. The second-order valence-corrected chi connectivity index (χ2v) is 7.53. The van der Waals surface area contributed by atoms with E-state index in [9.17, 15) is 14.4 Å². The summed E-state index contributed by atoms with van der Waals surface area (Å²) >= 11 is 1.18. The van der Waals surface area contributed by atoms with Crippen molar-refractivity contribution in [1.82, 2.24) is 14.9 Å². The molecule has 1 aromatic heterocycles. The van der Waals surface area contributed by atoms with Crippen LogP contribution in [0.2, 0.25) is 0 Å². The summed E-state index contributed by atoms with van der Waals surface area (Å²) in [7, 11) is 1.31. The Bertz CT molecular complexity index is 879. The molecule has 0 fully saturated rings. The number of fused-ring (bicyclic) bond motifs is 1. The Morgan fingerprint density at radius 1 is 1.26 bits per heavy atom. The van der Waals surface area contributed by atoms with Gasteiger partial charge in [-0.2, -0.15) is 0 Å². The molecule has 0 aliphatic carbocycles.